The predicted octanol–water partition coefficient (Wildman–Crippen LogP) is 2.55. The lowest BCUT2D eigenvalue weighted by Gasteiger charge is -2.35. The van der Waals surface area contributed by atoms with Crippen molar-refractivity contribution in [1.82, 2.24) is 0 Å². The Morgan fingerprint density at radius 3 is 2.09 bits per heavy atom. The third kappa shape index (κ3) is 1.76. The molecule has 0 bridgehead atoms. The summed E-state index contributed by atoms with van der Waals surface area (Å²) in [5.74, 6) is 1.40. The maximum Gasteiger partial charge on any atom is 0.0177 e. The highest BCUT2D eigenvalue weighted by Gasteiger charge is 2.34. The van der Waals surface area contributed by atoms with E-state index in [2.05, 4.69) is 20.8 Å². The zero-order chi connectivity index (χ0) is 8.48. The smallest absolute Gasteiger partial charge is 0.0177 e. The van der Waals surface area contributed by atoms with Crippen LogP contribution in [0.4, 0.5) is 0 Å². The van der Waals surface area contributed by atoms with E-state index in [0.29, 0.717) is 5.92 Å². The van der Waals surface area contributed by atoms with Gasteiger partial charge >= 0.3 is 0 Å². The first-order chi connectivity index (χ1) is 5.05. The molecular formula is C10H21N. The van der Waals surface area contributed by atoms with Crippen LogP contribution in [0, 0.1) is 11.8 Å². The maximum absolute atomic E-state index is 6.26. The molecule has 1 heteroatoms. The Morgan fingerprint density at radius 2 is 1.73 bits per heavy atom. The fourth-order valence-electron chi connectivity index (χ4n) is 2.02. The minimum Gasteiger partial charge on any atom is -0.325 e. The van der Waals surface area contributed by atoms with Crippen molar-refractivity contribution < 1.29 is 0 Å². The largest absolute Gasteiger partial charge is 0.325 e. The van der Waals surface area contributed by atoms with Crippen molar-refractivity contribution in [2.24, 2.45) is 17.6 Å². The minimum atomic E-state index is 0.0799. The molecule has 1 atom stereocenters. The van der Waals surface area contributed by atoms with Crippen molar-refractivity contribution in [1.29, 1.82) is 0 Å². The van der Waals surface area contributed by atoms with E-state index >= 15 is 0 Å². The molecule has 1 saturated carbocycles. The summed E-state index contributed by atoms with van der Waals surface area (Å²) in [7, 11) is 0. The van der Waals surface area contributed by atoms with Gasteiger partial charge in [0.15, 0.2) is 0 Å². The highest BCUT2D eigenvalue weighted by molar-refractivity contribution is 4.91. The normalized spacial score (nSPS) is 25.9. The van der Waals surface area contributed by atoms with Gasteiger partial charge in [-0.05, 0) is 31.6 Å². The fourth-order valence-corrected chi connectivity index (χ4v) is 2.02. The molecule has 0 aromatic heterocycles. The van der Waals surface area contributed by atoms with Gasteiger partial charge in [-0.15, -0.1) is 0 Å². The van der Waals surface area contributed by atoms with E-state index in [4.69, 9.17) is 5.73 Å². The average Bonchev–Trinajstić information content (AvgIpc) is 2.37. The SMILES string of the molecule is CC(C)C(C)(N)C1CCCC1. The molecule has 66 valence electrons. The monoisotopic (exact) mass is 155 g/mol. The van der Waals surface area contributed by atoms with Crippen LogP contribution in [0.5, 0.6) is 0 Å². The predicted molar refractivity (Wildman–Crippen MR) is 49.4 cm³/mol. The molecule has 1 nitrogen and oxygen atoms in total. The zero-order valence-corrected chi connectivity index (χ0v) is 8.06. The van der Waals surface area contributed by atoms with Gasteiger partial charge in [-0.2, -0.15) is 0 Å². The number of rotatable bonds is 2. The van der Waals surface area contributed by atoms with Gasteiger partial charge in [-0.1, -0.05) is 26.7 Å². The Labute approximate surface area is 70.4 Å². The summed E-state index contributed by atoms with van der Waals surface area (Å²) in [4.78, 5) is 0. The highest BCUT2D eigenvalue weighted by atomic mass is 14.8. The Bertz CT molecular complexity index is 121. The van der Waals surface area contributed by atoms with Crippen molar-refractivity contribution in [2.75, 3.05) is 0 Å². The topological polar surface area (TPSA) is 26.0 Å². The second-order valence-corrected chi connectivity index (χ2v) is 4.50. The van der Waals surface area contributed by atoms with Crippen LogP contribution in [0.3, 0.4) is 0 Å². The van der Waals surface area contributed by atoms with Gasteiger partial charge in [-0.3, -0.25) is 0 Å². The van der Waals surface area contributed by atoms with Crippen molar-refractivity contribution in [3.05, 3.63) is 0 Å². The van der Waals surface area contributed by atoms with E-state index in [-0.39, 0.29) is 5.54 Å². The molecule has 1 aliphatic carbocycles. The lowest BCUT2D eigenvalue weighted by Crippen LogP contribution is -2.47. The third-order valence-corrected chi connectivity index (χ3v) is 3.48. The van der Waals surface area contributed by atoms with Gasteiger partial charge in [0.05, 0.1) is 0 Å². The summed E-state index contributed by atoms with van der Waals surface area (Å²) >= 11 is 0. The van der Waals surface area contributed by atoms with Gasteiger partial charge in [0.25, 0.3) is 0 Å². The van der Waals surface area contributed by atoms with E-state index in [0.717, 1.165) is 5.92 Å². The van der Waals surface area contributed by atoms with Crippen LogP contribution in [0.15, 0.2) is 0 Å². The molecule has 11 heavy (non-hydrogen) atoms. The summed E-state index contributed by atoms with van der Waals surface area (Å²) in [5, 5.41) is 0. The van der Waals surface area contributed by atoms with E-state index in [1.807, 2.05) is 0 Å². The van der Waals surface area contributed by atoms with Gasteiger partial charge < -0.3 is 5.73 Å². The molecule has 0 aliphatic heterocycles. The summed E-state index contributed by atoms with van der Waals surface area (Å²) in [5.41, 5.74) is 6.34. The molecule has 0 amide bonds. The van der Waals surface area contributed by atoms with Gasteiger partial charge in [0, 0.05) is 5.54 Å². The number of nitrogens with two attached hydrogens (primary N) is 1. The highest BCUT2D eigenvalue weighted by Crippen LogP contribution is 2.36. The molecule has 0 aromatic carbocycles. The molecule has 1 aliphatic rings. The first-order valence-electron chi connectivity index (χ1n) is 4.84. The first kappa shape index (κ1) is 9.05. The fraction of sp³-hybridized carbons (Fsp3) is 1.00. The number of hydrogen-bond donors (Lipinski definition) is 1. The summed E-state index contributed by atoms with van der Waals surface area (Å²) in [6.45, 7) is 6.68. The van der Waals surface area contributed by atoms with E-state index < -0.39 is 0 Å². The second-order valence-electron chi connectivity index (χ2n) is 4.50. The molecule has 0 spiro atoms. The molecule has 1 unspecified atom stereocenters. The molecule has 0 saturated heterocycles. The molecule has 1 fully saturated rings. The summed E-state index contributed by atoms with van der Waals surface area (Å²) < 4.78 is 0. The average molecular weight is 155 g/mol. The molecule has 0 heterocycles. The molecule has 1 rings (SSSR count). The van der Waals surface area contributed by atoms with Crippen LogP contribution in [-0.2, 0) is 0 Å². The van der Waals surface area contributed by atoms with Crippen LogP contribution >= 0.6 is 0 Å². The second kappa shape index (κ2) is 3.14. The van der Waals surface area contributed by atoms with Crippen molar-refractivity contribution in [2.45, 2.75) is 52.0 Å². The molecule has 0 radical (unpaired) electrons. The van der Waals surface area contributed by atoms with E-state index in [1.165, 1.54) is 25.7 Å². The van der Waals surface area contributed by atoms with E-state index in [1.54, 1.807) is 0 Å². The van der Waals surface area contributed by atoms with E-state index in [9.17, 15) is 0 Å². The standard InChI is InChI=1S/C10H21N/c1-8(2)10(3,11)9-6-4-5-7-9/h8-9H,4-7,11H2,1-3H3. The minimum absolute atomic E-state index is 0.0799. The molecule has 0 aromatic rings. The van der Waals surface area contributed by atoms with Crippen LogP contribution in [0.1, 0.15) is 46.5 Å². The van der Waals surface area contributed by atoms with Crippen LogP contribution in [0.25, 0.3) is 0 Å². The van der Waals surface area contributed by atoms with Gasteiger partial charge in [0.2, 0.25) is 0 Å². The van der Waals surface area contributed by atoms with Crippen molar-refractivity contribution in [3.63, 3.8) is 0 Å². The maximum atomic E-state index is 6.26. The summed E-state index contributed by atoms with van der Waals surface area (Å²) in [6, 6.07) is 0. The Kier molecular flexibility index (Phi) is 2.58. The Morgan fingerprint density at radius 1 is 1.27 bits per heavy atom. The quantitative estimate of drug-likeness (QED) is 0.651. The first-order valence-corrected chi connectivity index (χ1v) is 4.84. The van der Waals surface area contributed by atoms with Crippen LogP contribution in [-0.4, -0.2) is 5.54 Å². The number of hydrogen-bond acceptors (Lipinski definition) is 1. The lowest BCUT2D eigenvalue weighted by atomic mass is 9.77. The van der Waals surface area contributed by atoms with Gasteiger partial charge in [0.1, 0.15) is 0 Å². The summed E-state index contributed by atoms with van der Waals surface area (Å²) in [6.07, 6.45) is 5.49. The van der Waals surface area contributed by atoms with Crippen molar-refractivity contribution in [3.8, 4) is 0 Å². The third-order valence-electron chi connectivity index (χ3n) is 3.48. The van der Waals surface area contributed by atoms with Crippen LogP contribution < -0.4 is 5.73 Å². The lowest BCUT2D eigenvalue weighted by molar-refractivity contribution is 0.222. The molecular weight excluding hydrogens is 134 g/mol. The molecule has 2 N–H and O–H groups in total. The Balaban J connectivity index is 2.55. The Hall–Kier alpha value is -0.0400. The van der Waals surface area contributed by atoms with Crippen molar-refractivity contribution >= 4 is 0 Å². The van der Waals surface area contributed by atoms with Gasteiger partial charge in [-0.25, -0.2) is 0 Å². The van der Waals surface area contributed by atoms with Crippen LogP contribution in [0.2, 0.25) is 0 Å². The zero-order valence-electron chi connectivity index (χ0n) is 8.06.